The predicted octanol–water partition coefficient (Wildman–Crippen LogP) is 3.56. The molecule has 1 aromatic heterocycles. The molecule has 158 valence electrons. The first-order valence-corrected chi connectivity index (χ1v) is 10.3. The van der Waals surface area contributed by atoms with Crippen molar-refractivity contribution in [3.63, 3.8) is 0 Å². The second-order valence-electron chi connectivity index (χ2n) is 7.85. The Balaban J connectivity index is 1.46. The number of benzene rings is 2. The molecular weight excluding hydrogens is 382 g/mol. The van der Waals surface area contributed by atoms with Crippen molar-refractivity contribution < 1.29 is 19.0 Å². The van der Waals surface area contributed by atoms with Gasteiger partial charge in [-0.3, -0.25) is 0 Å². The quantitative estimate of drug-likeness (QED) is 0.602. The molecule has 3 aromatic rings. The summed E-state index contributed by atoms with van der Waals surface area (Å²) in [7, 11) is 3.93. The molecule has 0 bridgehead atoms. The van der Waals surface area contributed by atoms with Crippen molar-refractivity contribution in [1.82, 2.24) is 0 Å². The van der Waals surface area contributed by atoms with Gasteiger partial charge in [0.1, 0.15) is 36.4 Å². The molecule has 1 heterocycles. The number of hydrogen-bond acceptors (Lipinski definition) is 6. The molecule has 0 saturated carbocycles. The van der Waals surface area contributed by atoms with Crippen LogP contribution < -0.4 is 20.0 Å². The van der Waals surface area contributed by atoms with Crippen LogP contribution in [0.25, 0.3) is 11.0 Å². The van der Waals surface area contributed by atoms with Crippen molar-refractivity contribution in [3.8, 4) is 11.5 Å². The zero-order chi connectivity index (χ0) is 21.1. The first-order chi connectivity index (χ1) is 14.5. The van der Waals surface area contributed by atoms with E-state index in [1.807, 2.05) is 49.3 Å². The minimum Gasteiger partial charge on any atom is -0.491 e. The van der Waals surface area contributed by atoms with Crippen molar-refractivity contribution in [2.24, 2.45) is 0 Å². The van der Waals surface area contributed by atoms with Crippen molar-refractivity contribution in [1.29, 1.82) is 0 Å². The summed E-state index contributed by atoms with van der Waals surface area (Å²) in [4.78, 5) is 14.3. The summed E-state index contributed by atoms with van der Waals surface area (Å²) in [5.74, 6) is 1.32. The van der Waals surface area contributed by atoms with Crippen LogP contribution in [0.5, 0.6) is 11.5 Å². The predicted molar refractivity (Wildman–Crippen MR) is 117 cm³/mol. The molecule has 1 unspecified atom stereocenters. The average molecular weight is 409 g/mol. The maximum Gasteiger partial charge on any atom is 0.339 e. The molecule has 0 amide bonds. The molecule has 0 radical (unpaired) electrons. The summed E-state index contributed by atoms with van der Waals surface area (Å²) in [6, 6.07) is 13.1. The molecule has 6 nitrogen and oxygen atoms in total. The number of nitrogens with zero attached hydrogens (tertiary/aromatic N) is 1. The largest absolute Gasteiger partial charge is 0.491 e. The van der Waals surface area contributed by atoms with Crippen molar-refractivity contribution >= 4 is 16.7 Å². The van der Waals surface area contributed by atoms with Crippen LogP contribution in [0.2, 0.25) is 0 Å². The number of ether oxygens (including phenoxy) is 2. The van der Waals surface area contributed by atoms with Crippen LogP contribution in [-0.2, 0) is 12.8 Å². The Kier molecular flexibility index (Phi) is 5.95. The summed E-state index contributed by atoms with van der Waals surface area (Å²) in [5, 5.41) is 11.2. The second kappa shape index (κ2) is 8.79. The lowest BCUT2D eigenvalue weighted by Gasteiger charge is -2.19. The van der Waals surface area contributed by atoms with E-state index in [9.17, 15) is 9.90 Å². The molecule has 0 saturated heterocycles. The molecule has 1 aliphatic carbocycles. The highest BCUT2D eigenvalue weighted by molar-refractivity contribution is 5.87. The van der Waals surface area contributed by atoms with E-state index < -0.39 is 6.10 Å². The van der Waals surface area contributed by atoms with Gasteiger partial charge in [0.05, 0.1) is 5.39 Å². The Hall–Kier alpha value is -2.99. The lowest BCUT2D eigenvalue weighted by Crippen LogP contribution is -2.25. The van der Waals surface area contributed by atoms with Crippen LogP contribution in [0.1, 0.15) is 24.0 Å². The Morgan fingerprint density at radius 1 is 1.03 bits per heavy atom. The van der Waals surface area contributed by atoms with Gasteiger partial charge < -0.3 is 23.9 Å². The second-order valence-corrected chi connectivity index (χ2v) is 7.85. The summed E-state index contributed by atoms with van der Waals surface area (Å²) < 4.78 is 17.2. The van der Waals surface area contributed by atoms with E-state index in [4.69, 9.17) is 13.9 Å². The van der Waals surface area contributed by atoms with Gasteiger partial charge in [0.15, 0.2) is 0 Å². The standard InChI is InChI=1S/C24H27NO5/c1-25(2)16-7-5-8-18(13-16)28-14-17(26)15-29-21-11-6-12-22-23(21)19-9-3-4-10-20(19)24(27)30-22/h5-8,11-13,17,26H,3-4,9-10,14-15H2,1-2H3. The highest BCUT2D eigenvalue weighted by Crippen LogP contribution is 2.33. The van der Waals surface area contributed by atoms with Crippen LogP contribution in [0.15, 0.2) is 51.7 Å². The third-order valence-corrected chi connectivity index (χ3v) is 5.41. The maximum atomic E-state index is 12.3. The number of aryl methyl sites for hydroxylation is 1. The van der Waals surface area contributed by atoms with Gasteiger partial charge in [-0.15, -0.1) is 0 Å². The molecular formula is C24H27NO5. The fourth-order valence-electron chi connectivity index (χ4n) is 3.86. The van der Waals surface area contributed by atoms with Gasteiger partial charge in [0, 0.05) is 31.4 Å². The fourth-order valence-corrected chi connectivity index (χ4v) is 3.86. The average Bonchev–Trinajstić information content (AvgIpc) is 2.76. The molecule has 0 spiro atoms. The van der Waals surface area contributed by atoms with Crippen LogP contribution >= 0.6 is 0 Å². The zero-order valence-corrected chi connectivity index (χ0v) is 17.4. The molecule has 0 fully saturated rings. The molecule has 1 N–H and O–H groups in total. The van der Waals surface area contributed by atoms with E-state index in [0.717, 1.165) is 47.9 Å². The summed E-state index contributed by atoms with van der Waals surface area (Å²) in [6.07, 6.45) is 2.82. The lowest BCUT2D eigenvalue weighted by atomic mass is 9.90. The molecule has 30 heavy (non-hydrogen) atoms. The Bertz CT molecular complexity index is 1090. The number of rotatable bonds is 7. The molecule has 1 aliphatic rings. The molecule has 1 atom stereocenters. The topological polar surface area (TPSA) is 72.1 Å². The van der Waals surface area contributed by atoms with Crippen LogP contribution in [-0.4, -0.2) is 38.5 Å². The molecule has 6 heteroatoms. The number of fused-ring (bicyclic) bond motifs is 3. The van der Waals surface area contributed by atoms with Crippen molar-refractivity contribution in [2.75, 3.05) is 32.2 Å². The van der Waals surface area contributed by atoms with E-state index in [1.54, 1.807) is 12.1 Å². The van der Waals surface area contributed by atoms with Gasteiger partial charge in [-0.25, -0.2) is 4.79 Å². The SMILES string of the molecule is CN(C)c1cccc(OCC(O)COc2cccc3oc(=O)c4c(c23)CCCC4)c1. The third-order valence-electron chi connectivity index (χ3n) is 5.41. The van der Waals surface area contributed by atoms with Gasteiger partial charge in [0.25, 0.3) is 0 Å². The van der Waals surface area contributed by atoms with Crippen molar-refractivity contribution in [3.05, 3.63) is 64.0 Å². The zero-order valence-electron chi connectivity index (χ0n) is 17.4. The van der Waals surface area contributed by atoms with E-state index in [1.165, 1.54) is 0 Å². The van der Waals surface area contributed by atoms with Crippen LogP contribution in [0, 0.1) is 0 Å². The number of aliphatic hydroxyl groups excluding tert-OH is 1. The van der Waals surface area contributed by atoms with Gasteiger partial charge in [0.2, 0.25) is 0 Å². The number of hydrogen-bond donors (Lipinski definition) is 1. The van der Waals surface area contributed by atoms with Crippen LogP contribution in [0.4, 0.5) is 5.69 Å². The monoisotopic (exact) mass is 409 g/mol. The number of anilines is 1. The lowest BCUT2D eigenvalue weighted by molar-refractivity contribution is 0.0631. The maximum absolute atomic E-state index is 12.3. The van der Waals surface area contributed by atoms with E-state index >= 15 is 0 Å². The summed E-state index contributed by atoms with van der Waals surface area (Å²) >= 11 is 0. The van der Waals surface area contributed by atoms with Crippen LogP contribution in [0.3, 0.4) is 0 Å². The van der Waals surface area contributed by atoms with E-state index in [2.05, 4.69) is 0 Å². The Morgan fingerprint density at radius 2 is 1.77 bits per heavy atom. The first kappa shape index (κ1) is 20.3. The Labute approximate surface area is 175 Å². The highest BCUT2D eigenvalue weighted by Gasteiger charge is 2.21. The normalized spacial score (nSPS) is 14.2. The minimum atomic E-state index is -0.796. The first-order valence-electron chi connectivity index (χ1n) is 10.3. The molecule has 2 aromatic carbocycles. The van der Waals surface area contributed by atoms with Gasteiger partial charge in [-0.2, -0.15) is 0 Å². The fraction of sp³-hybridized carbons (Fsp3) is 0.375. The van der Waals surface area contributed by atoms with Gasteiger partial charge >= 0.3 is 5.63 Å². The van der Waals surface area contributed by atoms with Crippen molar-refractivity contribution in [2.45, 2.75) is 31.8 Å². The van der Waals surface area contributed by atoms with Gasteiger partial charge in [-0.05, 0) is 55.5 Å². The summed E-state index contributed by atoms with van der Waals surface area (Å²) in [6.45, 7) is 0.204. The van der Waals surface area contributed by atoms with E-state index in [0.29, 0.717) is 17.1 Å². The highest BCUT2D eigenvalue weighted by atomic mass is 16.5. The van der Waals surface area contributed by atoms with Gasteiger partial charge in [-0.1, -0.05) is 12.1 Å². The van der Waals surface area contributed by atoms with E-state index in [-0.39, 0.29) is 18.8 Å². The smallest absolute Gasteiger partial charge is 0.339 e. The third kappa shape index (κ3) is 4.28. The molecule has 4 rings (SSSR count). The Morgan fingerprint density at radius 3 is 2.57 bits per heavy atom. The molecule has 0 aliphatic heterocycles. The summed E-state index contributed by atoms with van der Waals surface area (Å²) in [5.41, 5.74) is 3.09. The minimum absolute atomic E-state index is 0.0837. The number of aliphatic hydroxyl groups is 1.